The molecule has 1 aromatic carbocycles. The van der Waals surface area contributed by atoms with E-state index in [0.717, 1.165) is 17.8 Å². The van der Waals surface area contributed by atoms with Crippen LogP contribution in [-0.4, -0.2) is 40.1 Å². The summed E-state index contributed by atoms with van der Waals surface area (Å²) in [6.07, 6.45) is 1.66. The molecule has 0 aliphatic heterocycles. The molecular formula is C11H15N7. The summed E-state index contributed by atoms with van der Waals surface area (Å²) >= 11 is 0. The minimum Gasteiger partial charge on any atom is -0.375 e. The van der Waals surface area contributed by atoms with Crippen molar-refractivity contribution in [2.24, 2.45) is 5.10 Å². The highest BCUT2D eigenvalue weighted by atomic mass is 15.7. The molecule has 18 heavy (non-hydrogen) atoms. The third kappa shape index (κ3) is 2.62. The number of nitrogen functional groups attached to an aromatic ring is 1. The van der Waals surface area contributed by atoms with Gasteiger partial charge in [0, 0.05) is 19.3 Å². The quantitative estimate of drug-likeness (QED) is 0.797. The Bertz CT molecular complexity index is 529. The molecule has 1 aromatic heterocycles. The van der Waals surface area contributed by atoms with Crippen LogP contribution < -0.4 is 10.6 Å². The van der Waals surface area contributed by atoms with E-state index in [1.165, 1.54) is 4.79 Å². The van der Waals surface area contributed by atoms with Crippen molar-refractivity contribution in [3.63, 3.8) is 0 Å². The number of tetrazole rings is 1. The molecule has 0 atom stereocenters. The van der Waals surface area contributed by atoms with E-state index in [0.29, 0.717) is 0 Å². The van der Waals surface area contributed by atoms with Crippen molar-refractivity contribution in [1.82, 2.24) is 20.3 Å². The Kier molecular flexibility index (Phi) is 3.52. The van der Waals surface area contributed by atoms with Crippen molar-refractivity contribution in [2.45, 2.75) is 6.92 Å². The lowest BCUT2D eigenvalue weighted by Crippen LogP contribution is -2.15. The molecule has 0 bridgehead atoms. The van der Waals surface area contributed by atoms with Gasteiger partial charge in [-0.3, -0.25) is 0 Å². The molecule has 0 radical (unpaired) electrons. The van der Waals surface area contributed by atoms with Crippen molar-refractivity contribution in [2.75, 3.05) is 24.2 Å². The first kappa shape index (κ1) is 12.0. The molecule has 0 aliphatic carbocycles. The number of rotatable bonds is 4. The summed E-state index contributed by atoms with van der Waals surface area (Å²) in [5.74, 6) is 0.161. The van der Waals surface area contributed by atoms with Gasteiger partial charge in [0.2, 0.25) is 0 Å². The Morgan fingerprint density at radius 2 is 2.11 bits per heavy atom. The minimum absolute atomic E-state index is 0.161. The largest absolute Gasteiger partial charge is 0.375 e. The van der Waals surface area contributed by atoms with Crippen LogP contribution in [0.25, 0.3) is 0 Å². The normalized spacial score (nSPS) is 11.0. The number of hydrogen-bond acceptors (Lipinski definition) is 6. The van der Waals surface area contributed by atoms with Crippen LogP contribution in [0.5, 0.6) is 0 Å². The average Bonchev–Trinajstić information content (AvgIpc) is 2.81. The molecule has 0 aliphatic rings. The molecule has 0 fully saturated rings. The van der Waals surface area contributed by atoms with Gasteiger partial charge in [0.25, 0.3) is 5.95 Å². The zero-order valence-electron chi connectivity index (χ0n) is 10.4. The number of nitrogens with two attached hydrogens (primary N) is 1. The smallest absolute Gasteiger partial charge is 0.263 e. The molecule has 1 heterocycles. The van der Waals surface area contributed by atoms with E-state index in [4.69, 9.17) is 5.73 Å². The maximum absolute atomic E-state index is 5.49. The summed E-state index contributed by atoms with van der Waals surface area (Å²) in [6.45, 7) is 3.07. The average molecular weight is 245 g/mol. The van der Waals surface area contributed by atoms with E-state index in [1.807, 2.05) is 31.3 Å². The summed E-state index contributed by atoms with van der Waals surface area (Å²) < 4.78 is 0. The lowest BCUT2D eigenvalue weighted by molar-refractivity contribution is 0.699. The van der Waals surface area contributed by atoms with Crippen molar-refractivity contribution < 1.29 is 0 Å². The fourth-order valence-corrected chi connectivity index (χ4v) is 1.39. The lowest BCUT2D eigenvalue weighted by Gasteiger charge is -2.16. The third-order valence-corrected chi connectivity index (χ3v) is 2.60. The maximum Gasteiger partial charge on any atom is 0.263 e. The highest BCUT2D eigenvalue weighted by Crippen LogP contribution is 2.12. The Hall–Kier alpha value is -2.44. The van der Waals surface area contributed by atoms with Crippen LogP contribution in [0.3, 0.4) is 0 Å². The van der Waals surface area contributed by atoms with E-state index in [1.54, 1.807) is 6.21 Å². The van der Waals surface area contributed by atoms with Crippen LogP contribution in [-0.2, 0) is 0 Å². The van der Waals surface area contributed by atoms with Gasteiger partial charge in [-0.15, -0.1) is 0 Å². The highest BCUT2D eigenvalue weighted by Gasteiger charge is 1.98. The van der Waals surface area contributed by atoms with Crippen molar-refractivity contribution in [1.29, 1.82) is 0 Å². The molecule has 0 amide bonds. The van der Waals surface area contributed by atoms with Gasteiger partial charge < -0.3 is 10.6 Å². The monoisotopic (exact) mass is 245 g/mol. The van der Waals surface area contributed by atoms with Gasteiger partial charge in [-0.1, -0.05) is 22.0 Å². The van der Waals surface area contributed by atoms with Crippen LogP contribution in [0, 0.1) is 0 Å². The van der Waals surface area contributed by atoms with Crippen LogP contribution in [0.4, 0.5) is 11.6 Å². The van der Waals surface area contributed by atoms with E-state index >= 15 is 0 Å². The standard InChI is InChI=1S/C11H15N7/c1-3-17(2)10-6-4-9(5-7-10)8-13-18-11(12)14-15-16-18/h4-8H,3H2,1-2H3,(H2,12,14,16)/b13-8+. The van der Waals surface area contributed by atoms with Gasteiger partial charge in [0.05, 0.1) is 6.21 Å². The van der Waals surface area contributed by atoms with Gasteiger partial charge in [0.1, 0.15) is 0 Å². The Morgan fingerprint density at radius 1 is 1.39 bits per heavy atom. The molecule has 7 nitrogen and oxygen atoms in total. The van der Waals surface area contributed by atoms with E-state index in [9.17, 15) is 0 Å². The Morgan fingerprint density at radius 3 is 2.67 bits per heavy atom. The first-order chi connectivity index (χ1) is 8.70. The zero-order chi connectivity index (χ0) is 13.0. The SMILES string of the molecule is CCN(C)c1ccc(/C=N/n2nnnc2N)cc1. The molecule has 0 unspecified atom stereocenters. The topological polar surface area (TPSA) is 85.2 Å². The summed E-state index contributed by atoms with van der Waals surface area (Å²) in [5.41, 5.74) is 7.61. The van der Waals surface area contributed by atoms with E-state index < -0.39 is 0 Å². The van der Waals surface area contributed by atoms with Crippen LogP contribution >= 0.6 is 0 Å². The molecule has 2 aromatic rings. The summed E-state index contributed by atoms with van der Waals surface area (Å²) in [6, 6.07) is 8.03. The van der Waals surface area contributed by atoms with Gasteiger partial charge >= 0.3 is 0 Å². The van der Waals surface area contributed by atoms with Gasteiger partial charge in [0.15, 0.2) is 0 Å². The minimum atomic E-state index is 0.161. The number of nitrogens with zero attached hydrogens (tertiary/aromatic N) is 6. The molecule has 94 valence electrons. The summed E-state index contributed by atoms with van der Waals surface area (Å²) in [7, 11) is 2.05. The third-order valence-electron chi connectivity index (χ3n) is 2.60. The predicted molar refractivity (Wildman–Crippen MR) is 70.6 cm³/mol. The van der Waals surface area contributed by atoms with E-state index in [-0.39, 0.29) is 5.95 Å². The van der Waals surface area contributed by atoms with Crippen LogP contribution in [0.1, 0.15) is 12.5 Å². The number of hydrogen-bond donors (Lipinski definition) is 1. The number of benzene rings is 1. The summed E-state index contributed by atoms with van der Waals surface area (Å²) in [5, 5.41) is 14.6. The fraction of sp³-hybridized carbons (Fsp3) is 0.273. The fourth-order valence-electron chi connectivity index (χ4n) is 1.39. The number of aromatic nitrogens is 4. The van der Waals surface area contributed by atoms with Crippen molar-refractivity contribution in [3.8, 4) is 0 Å². The van der Waals surface area contributed by atoms with Crippen molar-refractivity contribution in [3.05, 3.63) is 29.8 Å². The molecule has 2 rings (SSSR count). The maximum atomic E-state index is 5.49. The molecule has 2 N–H and O–H groups in total. The van der Waals surface area contributed by atoms with E-state index in [2.05, 4.69) is 32.5 Å². The van der Waals surface area contributed by atoms with Gasteiger partial charge in [-0.05, 0) is 35.0 Å². The second-order valence-electron chi connectivity index (χ2n) is 3.78. The highest BCUT2D eigenvalue weighted by molar-refractivity contribution is 5.80. The second-order valence-corrected chi connectivity index (χ2v) is 3.78. The molecule has 0 saturated carbocycles. The summed E-state index contributed by atoms with van der Waals surface area (Å²) in [4.78, 5) is 3.33. The Balaban J connectivity index is 2.11. The second kappa shape index (κ2) is 5.26. The molecule has 0 saturated heterocycles. The molecular weight excluding hydrogens is 230 g/mol. The Labute approximate surface area is 105 Å². The van der Waals surface area contributed by atoms with Crippen LogP contribution in [0.15, 0.2) is 29.4 Å². The molecule has 0 spiro atoms. The first-order valence-corrected chi connectivity index (χ1v) is 5.60. The van der Waals surface area contributed by atoms with Crippen molar-refractivity contribution >= 4 is 17.9 Å². The zero-order valence-corrected chi connectivity index (χ0v) is 10.4. The van der Waals surface area contributed by atoms with Gasteiger partial charge in [-0.2, -0.15) is 5.10 Å². The van der Waals surface area contributed by atoms with Crippen LogP contribution in [0.2, 0.25) is 0 Å². The first-order valence-electron chi connectivity index (χ1n) is 5.60. The lowest BCUT2D eigenvalue weighted by atomic mass is 10.2. The van der Waals surface area contributed by atoms with Gasteiger partial charge in [-0.25, -0.2) is 0 Å². The molecule has 7 heteroatoms. The number of anilines is 2. The predicted octanol–water partition coefficient (Wildman–Crippen LogP) is 0.594.